The molecule has 5 heteroatoms. The first-order valence-corrected chi connectivity index (χ1v) is 7.25. The van der Waals surface area contributed by atoms with Gasteiger partial charge in [0, 0.05) is 5.69 Å². The minimum Gasteiger partial charge on any atom is -0.480 e. The van der Waals surface area contributed by atoms with E-state index in [0.29, 0.717) is 18.0 Å². The van der Waals surface area contributed by atoms with Crippen LogP contribution in [0.15, 0.2) is 24.3 Å². The van der Waals surface area contributed by atoms with E-state index in [4.69, 9.17) is 5.11 Å². The zero-order valence-corrected chi connectivity index (χ0v) is 13.0. The van der Waals surface area contributed by atoms with Gasteiger partial charge in [-0.05, 0) is 29.5 Å². The van der Waals surface area contributed by atoms with Crippen molar-refractivity contribution in [3.63, 3.8) is 0 Å². The Labute approximate surface area is 125 Å². The lowest BCUT2D eigenvalue weighted by Gasteiger charge is -2.20. The Kier molecular flexibility index (Phi) is 6.21. The van der Waals surface area contributed by atoms with Crippen LogP contribution < -0.4 is 10.6 Å². The normalized spacial score (nSPS) is 13.6. The molecule has 0 spiro atoms. The summed E-state index contributed by atoms with van der Waals surface area (Å²) in [5, 5.41) is 14.3. The molecule has 1 aromatic rings. The topological polar surface area (TPSA) is 78.4 Å². The fourth-order valence-corrected chi connectivity index (χ4v) is 1.94. The lowest BCUT2D eigenvalue weighted by molar-refractivity contribution is -0.140. The smallest absolute Gasteiger partial charge is 0.326 e. The molecule has 116 valence electrons. The van der Waals surface area contributed by atoms with E-state index < -0.39 is 18.0 Å². The molecule has 0 aromatic heterocycles. The molecule has 1 rings (SSSR count). The Balaban J connectivity index is 2.65. The highest BCUT2D eigenvalue weighted by molar-refractivity contribution is 5.92. The van der Waals surface area contributed by atoms with E-state index in [1.165, 1.54) is 5.56 Å². The second kappa shape index (κ2) is 7.67. The van der Waals surface area contributed by atoms with Crippen LogP contribution in [-0.4, -0.2) is 23.1 Å². The van der Waals surface area contributed by atoms with Crippen molar-refractivity contribution in [2.45, 2.75) is 46.1 Å². The number of rotatable bonds is 6. The fourth-order valence-electron chi connectivity index (χ4n) is 1.94. The summed E-state index contributed by atoms with van der Waals surface area (Å²) >= 11 is 0. The van der Waals surface area contributed by atoms with Crippen molar-refractivity contribution in [3.8, 4) is 0 Å². The van der Waals surface area contributed by atoms with Gasteiger partial charge in [-0.25, -0.2) is 9.59 Å². The highest BCUT2D eigenvalue weighted by Gasteiger charge is 2.25. The highest BCUT2D eigenvalue weighted by atomic mass is 16.4. The average molecular weight is 292 g/mol. The quantitative estimate of drug-likeness (QED) is 0.751. The minimum absolute atomic E-state index is 0.128. The first-order valence-electron chi connectivity index (χ1n) is 7.25. The summed E-state index contributed by atoms with van der Waals surface area (Å²) in [6.45, 7) is 7.89. The molecule has 3 N–H and O–H groups in total. The molecule has 2 atom stereocenters. The maximum atomic E-state index is 11.9. The molecule has 0 saturated heterocycles. The number of benzene rings is 1. The summed E-state index contributed by atoms with van der Waals surface area (Å²) in [5.74, 6) is -0.721. The van der Waals surface area contributed by atoms with Gasteiger partial charge < -0.3 is 15.7 Å². The van der Waals surface area contributed by atoms with Crippen molar-refractivity contribution in [2.24, 2.45) is 5.92 Å². The number of carboxylic acid groups (broad SMARTS) is 1. The van der Waals surface area contributed by atoms with E-state index in [0.717, 1.165) is 0 Å². The Morgan fingerprint density at radius 2 is 1.71 bits per heavy atom. The standard InChI is InChI=1S/C16H24N2O3/c1-5-11(4)14(15(19)20)18-16(21)17-13-8-6-12(7-9-13)10(2)3/h6-11,14H,5H2,1-4H3,(H,19,20)(H2,17,18,21)/t11-,14+/m1/s1. The predicted molar refractivity (Wildman–Crippen MR) is 83.6 cm³/mol. The molecule has 5 nitrogen and oxygen atoms in total. The number of hydrogen-bond acceptors (Lipinski definition) is 2. The van der Waals surface area contributed by atoms with Crippen LogP contribution in [-0.2, 0) is 4.79 Å². The molecule has 0 bridgehead atoms. The average Bonchev–Trinajstić information content (AvgIpc) is 2.44. The number of carbonyl (C=O) groups excluding carboxylic acids is 1. The molecule has 0 aliphatic carbocycles. The van der Waals surface area contributed by atoms with E-state index in [2.05, 4.69) is 24.5 Å². The summed E-state index contributed by atoms with van der Waals surface area (Å²) < 4.78 is 0. The van der Waals surface area contributed by atoms with Crippen LogP contribution >= 0.6 is 0 Å². The van der Waals surface area contributed by atoms with E-state index >= 15 is 0 Å². The number of amides is 2. The Morgan fingerprint density at radius 3 is 2.14 bits per heavy atom. The van der Waals surface area contributed by atoms with Crippen molar-refractivity contribution in [1.29, 1.82) is 0 Å². The zero-order valence-electron chi connectivity index (χ0n) is 13.0. The van der Waals surface area contributed by atoms with Gasteiger partial charge in [0.2, 0.25) is 0 Å². The molecular weight excluding hydrogens is 268 g/mol. The summed E-state index contributed by atoms with van der Waals surface area (Å²) in [4.78, 5) is 23.0. The Morgan fingerprint density at radius 1 is 1.14 bits per heavy atom. The number of aliphatic carboxylic acids is 1. The zero-order chi connectivity index (χ0) is 16.0. The van der Waals surface area contributed by atoms with Crippen LogP contribution in [0.5, 0.6) is 0 Å². The number of anilines is 1. The second-order valence-corrected chi connectivity index (χ2v) is 5.58. The first-order chi connectivity index (χ1) is 9.85. The van der Waals surface area contributed by atoms with Gasteiger partial charge in [-0.3, -0.25) is 0 Å². The van der Waals surface area contributed by atoms with Crippen LogP contribution in [0.25, 0.3) is 0 Å². The van der Waals surface area contributed by atoms with Crippen LogP contribution in [0.2, 0.25) is 0 Å². The molecule has 0 aliphatic heterocycles. The van der Waals surface area contributed by atoms with Gasteiger partial charge in [0.15, 0.2) is 0 Å². The number of nitrogens with one attached hydrogen (secondary N) is 2. The lowest BCUT2D eigenvalue weighted by Crippen LogP contribution is -2.46. The Hall–Kier alpha value is -2.04. The molecule has 1 aromatic carbocycles. The van der Waals surface area contributed by atoms with Crippen molar-refractivity contribution in [2.75, 3.05) is 5.32 Å². The van der Waals surface area contributed by atoms with Gasteiger partial charge in [0.1, 0.15) is 6.04 Å². The third kappa shape index (κ3) is 5.10. The monoisotopic (exact) mass is 292 g/mol. The van der Waals surface area contributed by atoms with E-state index in [1.807, 2.05) is 31.2 Å². The predicted octanol–water partition coefficient (Wildman–Crippen LogP) is 3.43. The molecule has 0 radical (unpaired) electrons. The molecule has 0 heterocycles. The number of urea groups is 1. The number of hydrogen-bond donors (Lipinski definition) is 3. The molecule has 0 unspecified atom stereocenters. The molecular formula is C16H24N2O3. The summed E-state index contributed by atoms with van der Waals surface area (Å²) in [6.07, 6.45) is 0.681. The summed E-state index contributed by atoms with van der Waals surface area (Å²) in [7, 11) is 0. The van der Waals surface area contributed by atoms with Gasteiger partial charge >= 0.3 is 12.0 Å². The maximum absolute atomic E-state index is 11.9. The third-order valence-corrected chi connectivity index (χ3v) is 3.60. The summed E-state index contributed by atoms with van der Waals surface area (Å²) in [5.41, 5.74) is 1.83. The van der Waals surface area contributed by atoms with Gasteiger partial charge in [-0.1, -0.05) is 46.2 Å². The van der Waals surface area contributed by atoms with E-state index in [-0.39, 0.29) is 5.92 Å². The number of carboxylic acids is 1. The maximum Gasteiger partial charge on any atom is 0.326 e. The Bertz CT molecular complexity index is 483. The van der Waals surface area contributed by atoms with Crippen LogP contribution in [0, 0.1) is 5.92 Å². The van der Waals surface area contributed by atoms with Gasteiger partial charge in [-0.2, -0.15) is 0 Å². The molecule has 0 saturated carbocycles. The molecule has 0 aliphatic rings. The van der Waals surface area contributed by atoms with E-state index in [9.17, 15) is 9.59 Å². The minimum atomic E-state index is -1.02. The second-order valence-electron chi connectivity index (χ2n) is 5.58. The van der Waals surface area contributed by atoms with Crippen molar-refractivity contribution >= 4 is 17.7 Å². The van der Waals surface area contributed by atoms with E-state index in [1.54, 1.807) is 6.92 Å². The van der Waals surface area contributed by atoms with Crippen LogP contribution in [0.4, 0.5) is 10.5 Å². The van der Waals surface area contributed by atoms with Gasteiger partial charge in [0.25, 0.3) is 0 Å². The fraction of sp³-hybridized carbons (Fsp3) is 0.500. The largest absolute Gasteiger partial charge is 0.480 e. The molecule has 2 amide bonds. The SMILES string of the molecule is CC[C@@H](C)[C@H](NC(=O)Nc1ccc(C(C)C)cc1)C(=O)O. The lowest BCUT2D eigenvalue weighted by atomic mass is 9.99. The van der Waals surface area contributed by atoms with Crippen molar-refractivity contribution in [3.05, 3.63) is 29.8 Å². The summed E-state index contributed by atoms with van der Waals surface area (Å²) in [6, 6.07) is 6.14. The molecule has 0 fully saturated rings. The van der Waals surface area contributed by atoms with Gasteiger partial charge in [0.05, 0.1) is 0 Å². The third-order valence-electron chi connectivity index (χ3n) is 3.60. The van der Waals surface area contributed by atoms with Crippen molar-refractivity contribution in [1.82, 2.24) is 5.32 Å². The number of carbonyl (C=O) groups is 2. The highest BCUT2D eigenvalue weighted by Crippen LogP contribution is 2.17. The van der Waals surface area contributed by atoms with Gasteiger partial charge in [-0.15, -0.1) is 0 Å². The molecule has 21 heavy (non-hydrogen) atoms. The van der Waals surface area contributed by atoms with Crippen LogP contribution in [0.3, 0.4) is 0 Å². The first kappa shape index (κ1) is 17.0. The van der Waals surface area contributed by atoms with Crippen LogP contribution in [0.1, 0.15) is 45.6 Å². The van der Waals surface area contributed by atoms with Crippen molar-refractivity contribution < 1.29 is 14.7 Å².